The van der Waals surface area contributed by atoms with E-state index in [1.165, 1.54) is 0 Å². The van der Waals surface area contributed by atoms with Crippen molar-refractivity contribution in [1.29, 1.82) is 10.5 Å². The Hall–Kier alpha value is -3.82. The second-order valence-electron chi connectivity index (χ2n) is 11.0. The summed E-state index contributed by atoms with van der Waals surface area (Å²) in [5.41, 5.74) is 1.88. The number of ether oxygens (including phenoxy) is 1. The first kappa shape index (κ1) is 28.3. The van der Waals surface area contributed by atoms with Gasteiger partial charge in [0.1, 0.15) is 34.1 Å². The minimum absolute atomic E-state index is 0.273. The number of piperidine rings is 2. The minimum Gasteiger partial charge on any atom is -0.496 e. The quantitative estimate of drug-likeness (QED) is 0.302. The third-order valence-corrected chi connectivity index (χ3v) is 10.3. The van der Waals surface area contributed by atoms with Crippen LogP contribution in [0.3, 0.4) is 0 Å². The smallest absolute Gasteiger partial charge is 0.141 e. The van der Waals surface area contributed by atoms with E-state index >= 15 is 0 Å². The predicted octanol–water partition coefficient (Wildman–Crippen LogP) is 6.72. The molecule has 3 atom stereocenters. The maximum absolute atomic E-state index is 11.2. The topological polar surface area (TPSA) is 78.9 Å². The van der Waals surface area contributed by atoms with Crippen LogP contribution in [0.5, 0.6) is 5.75 Å². The number of amidine groups is 1. The molecule has 7 nitrogen and oxygen atoms in total. The molecule has 3 aliphatic heterocycles. The third kappa shape index (κ3) is 3.97. The van der Waals surface area contributed by atoms with Gasteiger partial charge in [-0.2, -0.15) is 10.5 Å². The largest absolute Gasteiger partial charge is 0.496 e. The van der Waals surface area contributed by atoms with Crippen LogP contribution in [-0.4, -0.2) is 49.3 Å². The Morgan fingerprint density at radius 3 is 2.10 bits per heavy atom. The molecule has 0 unspecified atom stereocenters. The van der Waals surface area contributed by atoms with Gasteiger partial charge in [0, 0.05) is 46.0 Å². The molecule has 0 radical (unpaired) electrons. The van der Waals surface area contributed by atoms with Crippen molar-refractivity contribution in [3.05, 3.63) is 87.4 Å². The molecule has 0 amide bonds. The van der Waals surface area contributed by atoms with E-state index in [-0.39, 0.29) is 6.54 Å². The number of nitriles is 2. The van der Waals surface area contributed by atoms with Crippen molar-refractivity contribution in [2.24, 2.45) is 15.8 Å². The summed E-state index contributed by atoms with van der Waals surface area (Å²) in [5, 5.41) is 23.7. The Morgan fingerprint density at radius 2 is 1.48 bits per heavy atom. The van der Waals surface area contributed by atoms with Crippen LogP contribution in [-0.2, 0) is 0 Å². The zero-order valence-corrected chi connectivity index (χ0v) is 25.8. The monoisotopic (exact) mass is 614 g/mol. The lowest BCUT2D eigenvalue weighted by atomic mass is 9.53. The summed E-state index contributed by atoms with van der Waals surface area (Å²) in [7, 11) is 1.60. The fourth-order valence-electron chi connectivity index (χ4n) is 6.89. The van der Waals surface area contributed by atoms with E-state index in [0.717, 1.165) is 28.1 Å². The van der Waals surface area contributed by atoms with E-state index in [4.69, 9.17) is 45.1 Å². The van der Waals surface area contributed by atoms with Crippen LogP contribution < -0.4 is 14.5 Å². The number of hydrogen-bond donors (Lipinski definition) is 0. The summed E-state index contributed by atoms with van der Waals surface area (Å²) in [4.78, 5) is 11.6. The molecule has 212 valence electrons. The summed E-state index contributed by atoms with van der Waals surface area (Å²) in [6.45, 7) is 5.15. The van der Waals surface area contributed by atoms with Gasteiger partial charge in [0.05, 0.1) is 25.9 Å². The fourth-order valence-corrected chi connectivity index (χ4v) is 7.60. The molecule has 6 rings (SSSR count). The first-order valence-electron chi connectivity index (χ1n) is 13.5. The highest BCUT2D eigenvalue weighted by molar-refractivity contribution is 7.80. The molecule has 2 bridgehead atoms. The number of nitrogens with zero attached hydrogens (tertiary/aromatic N) is 6. The van der Waals surface area contributed by atoms with Crippen LogP contribution in [0.25, 0.3) is 0 Å². The van der Waals surface area contributed by atoms with Crippen LogP contribution in [0.2, 0.25) is 10.0 Å². The molecule has 3 aromatic rings. The summed E-state index contributed by atoms with van der Waals surface area (Å²) < 4.78 is 5.79. The minimum atomic E-state index is -1.27. The first-order valence-corrected chi connectivity index (χ1v) is 14.7. The molecular formula is C32H28Cl2N6OS. The van der Waals surface area contributed by atoms with Gasteiger partial charge in [-0.25, -0.2) is 4.99 Å². The zero-order chi connectivity index (χ0) is 29.8. The second kappa shape index (κ2) is 10.5. The van der Waals surface area contributed by atoms with Gasteiger partial charge in [0.2, 0.25) is 0 Å². The number of benzene rings is 3. The van der Waals surface area contributed by atoms with Crippen LogP contribution in [0.4, 0.5) is 11.4 Å². The maximum atomic E-state index is 11.2. The van der Waals surface area contributed by atoms with Crippen LogP contribution in [0.1, 0.15) is 22.6 Å². The summed E-state index contributed by atoms with van der Waals surface area (Å²) >= 11 is 19.3. The van der Waals surface area contributed by atoms with Crippen molar-refractivity contribution in [1.82, 2.24) is 4.90 Å². The molecule has 10 heteroatoms. The molecule has 3 aromatic carbocycles. The number of hydrogen-bond acceptors (Lipinski definition) is 7. The summed E-state index contributed by atoms with van der Waals surface area (Å²) in [6.07, 6.45) is 0. The molecule has 0 aliphatic carbocycles. The van der Waals surface area contributed by atoms with Crippen molar-refractivity contribution in [2.45, 2.75) is 19.8 Å². The lowest BCUT2D eigenvalue weighted by Crippen LogP contribution is -2.73. The van der Waals surface area contributed by atoms with Gasteiger partial charge in [-0.3, -0.25) is 0 Å². The van der Waals surface area contributed by atoms with Crippen molar-refractivity contribution in [3.63, 3.8) is 0 Å². The van der Waals surface area contributed by atoms with Crippen molar-refractivity contribution in [2.75, 3.05) is 43.3 Å². The van der Waals surface area contributed by atoms with Crippen molar-refractivity contribution >= 4 is 57.6 Å². The molecule has 3 heterocycles. The van der Waals surface area contributed by atoms with Crippen LogP contribution >= 0.6 is 35.4 Å². The van der Waals surface area contributed by atoms with Gasteiger partial charge in [-0.1, -0.05) is 65.8 Å². The number of methoxy groups -OCH3 is 1. The SMILES string of the molecule is COc1ccccc1[C@@H]1[C@@]2(C#N)CN(c3cccc(Cl)c3C)C[C@@]1(C#N)C1=NCN(c3cccc(Cl)c3C)CN1C2=S. The normalized spacial score (nSPS) is 24.8. The Balaban J connectivity index is 1.59. The first-order chi connectivity index (χ1) is 20.2. The molecule has 0 saturated carbocycles. The Kier molecular flexibility index (Phi) is 7.06. The van der Waals surface area contributed by atoms with Gasteiger partial charge in [-0.05, 0) is 55.3 Å². The average Bonchev–Trinajstić information content (AvgIpc) is 3.01. The van der Waals surface area contributed by atoms with Gasteiger partial charge >= 0.3 is 0 Å². The Labute approximate surface area is 261 Å². The maximum Gasteiger partial charge on any atom is 0.141 e. The predicted molar refractivity (Wildman–Crippen MR) is 171 cm³/mol. The highest BCUT2D eigenvalue weighted by Gasteiger charge is 2.69. The summed E-state index contributed by atoms with van der Waals surface area (Å²) in [6, 6.07) is 24.4. The number of halogens is 2. The van der Waals surface area contributed by atoms with E-state index in [0.29, 0.717) is 46.5 Å². The van der Waals surface area contributed by atoms with E-state index in [1.54, 1.807) is 7.11 Å². The third-order valence-electron chi connectivity index (χ3n) is 8.86. The Bertz CT molecular complexity index is 1730. The van der Waals surface area contributed by atoms with E-state index < -0.39 is 16.7 Å². The van der Waals surface area contributed by atoms with Gasteiger partial charge < -0.3 is 19.4 Å². The van der Waals surface area contributed by atoms with Crippen molar-refractivity contribution in [3.8, 4) is 17.9 Å². The molecule has 2 fully saturated rings. The Morgan fingerprint density at radius 1 is 0.881 bits per heavy atom. The zero-order valence-electron chi connectivity index (χ0n) is 23.4. The molecule has 3 aliphatic rings. The molecule has 0 aromatic heterocycles. The summed E-state index contributed by atoms with van der Waals surface area (Å²) in [5.74, 6) is 0.559. The number of para-hydroxylation sites is 1. The van der Waals surface area contributed by atoms with E-state index in [2.05, 4.69) is 21.9 Å². The molecular weight excluding hydrogens is 587 g/mol. The number of anilines is 2. The molecule has 0 spiro atoms. The van der Waals surface area contributed by atoms with Gasteiger partial charge in [0.15, 0.2) is 0 Å². The lowest BCUT2D eigenvalue weighted by Gasteiger charge is -2.61. The lowest BCUT2D eigenvalue weighted by molar-refractivity contribution is 0.202. The van der Waals surface area contributed by atoms with Gasteiger partial charge in [-0.15, -0.1) is 0 Å². The highest BCUT2D eigenvalue weighted by Crippen LogP contribution is 2.60. The number of aliphatic imine (C=N–C) groups is 1. The van der Waals surface area contributed by atoms with E-state index in [1.807, 2.05) is 79.4 Å². The number of fused-ring (bicyclic) bond motifs is 4. The van der Waals surface area contributed by atoms with Crippen LogP contribution in [0, 0.1) is 47.3 Å². The molecule has 2 saturated heterocycles. The average molecular weight is 616 g/mol. The van der Waals surface area contributed by atoms with E-state index in [9.17, 15) is 10.5 Å². The second-order valence-corrected chi connectivity index (χ2v) is 12.2. The number of rotatable bonds is 4. The standard InChI is InChI=1S/C32H28Cl2N6OS/c1-20-23(33)9-6-11-25(20)38-16-31(14-35)28(22-8-4-5-13-27(22)41-3)32(15-36,17-38)30(42)40-19-39(18-37-29(31)40)26-12-7-10-24(34)21(26)2/h4-13,28H,16-19H2,1-3H3/t28-,31+,32+/m0/s1. The highest BCUT2D eigenvalue weighted by atomic mass is 35.5. The molecule has 0 N–H and O–H groups in total. The van der Waals surface area contributed by atoms with Crippen LogP contribution in [0.15, 0.2) is 65.7 Å². The number of thiocarbonyl (C=S) groups is 1. The van der Waals surface area contributed by atoms with Gasteiger partial charge in [0.25, 0.3) is 0 Å². The fraction of sp³-hybridized carbons (Fsp3) is 0.312. The molecule has 42 heavy (non-hydrogen) atoms. The van der Waals surface area contributed by atoms with Crippen molar-refractivity contribution < 1.29 is 4.74 Å².